The molecule has 0 aromatic heterocycles. The second kappa shape index (κ2) is 10.7. The molecule has 0 spiro atoms. The minimum Gasteiger partial charge on any atom is -0.387 e. The first kappa shape index (κ1) is 24.5. The van der Waals surface area contributed by atoms with E-state index in [4.69, 9.17) is 10.5 Å². The summed E-state index contributed by atoms with van der Waals surface area (Å²) in [6, 6.07) is 13.8. The molecule has 1 amide bonds. The summed E-state index contributed by atoms with van der Waals surface area (Å²) < 4.78 is 17.7. The van der Waals surface area contributed by atoms with Gasteiger partial charge in [0, 0.05) is 12.7 Å². The van der Waals surface area contributed by atoms with E-state index in [1.165, 1.54) is 6.26 Å². The van der Waals surface area contributed by atoms with Gasteiger partial charge in [0.25, 0.3) is 0 Å². The molecule has 5 N–H and O–H groups in total. The molecule has 1 heterocycles. The van der Waals surface area contributed by atoms with E-state index in [0.717, 1.165) is 35.1 Å². The predicted molar refractivity (Wildman–Crippen MR) is 122 cm³/mol. The van der Waals surface area contributed by atoms with E-state index in [9.17, 15) is 24.3 Å². The molecule has 8 heteroatoms. The zero-order valence-electron chi connectivity index (χ0n) is 18.3. The Morgan fingerprint density at radius 1 is 1.03 bits per heavy atom. The molecular formula is C24H31NO6S. The quantitative estimate of drug-likeness (QED) is 0.468. The number of nitrogens with two attached hydrogens (primary N) is 1. The molecule has 174 valence electrons. The third-order valence-corrected chi connectivity index (χ3v) is 6.95. The third-order valence-electron chi connectivity index (χ3n) is 5.90. The summed E-state index contributed by atoms with van der Waals surface area (Å²) in [5.41, 5.74) is 9.12. The standard InChI is InChI=1S/C24H31NO6S/c1-14-6-11-17(23-21(28)20(27)22(29)24(31-23)32(2)30)13-18(14)12-16-9-7-15(8-10-16)4-3-5-19(25)26/h6-11,13,20-24,27-29H,3-5,12H2,1-2H3,(H2,25,26)/t20-,21-,22+,23+,24-,32?/m1/s1. The van der Waals surface area contributed by atoms with Crippen molar-refractivity contribution in [2.75, 3.05) is 6.26 Å². The predicted octanol–water partition coefficient (Wildman–Crippen LogP) is 1.25. The number of benzene rings is 2. The normalized spacial score (nSPS) is 26.6. The van der Waals surface area contributed by atoms with E-state index >= 15 is 0 Å². The molecule has 1 fully saturated rings. The molecule has 2 aromatic rings. The SMILES string of the molecule is Cc1ccc([C@@H]2O[C@H](S(C)=O)[C@@H](O)[C@H](O)[C@H]2O)cc1Cc1ccc(CCCC(N)=O)cc1. The van der Waals surface area contributed by atoms with Crippen molar-refractivity contribution in [3.63, 3.8) is 0 Å². The molecular weight excluding hydrogens is 430 g/mol. The fraction of sp³-hybridized carbons (Fsp3) is 0.458. The van der Waals surface area contributed by atoms with Crippen LogP contribution in [0.25, 0.3) is 0 Å². The van der Waals surface area contributed by atoms with Gasteiger partial charge >= 0.3 is 0 Å². The average Bonchev–Trinajstić information content (AvgIpc) is 2.75. The van der Waals surface area contributed by atoms with Crippen molar-refractivity contribution in [1.82, 2.24) is 0 Å². The van der Waals surface area contributed by atoms with E-state index in [1.54, 1.807) is 0 Å². The summed E-state index contributed by atoms with van der Waals surface area (Å²) in [6.07, 6.45) is -1.14. The lowest BCUT2D eigenvalue weighted by Gasteiger charge is -2.40. The van der Waals surface area contributed by atoms with Crippen LogP contribution in [-0.2, 0) is 33.2 Å². The number of hydrogen-bond donors (Lipinski definition) is 4. The lowest BCUT2D eigenvalue weighted by Crippen LogP contribution is -2.55. The van der Waals surface area contributed by atoms with Crippen molar-refractivity contribution in [2.45, 2.75) is 62.5 Å². The second-order valence-electron chi connectivity index (χ2n) is 8.39. The van der Waals surface area contributed by atoms with Crippen LogP contribution in [0.2, 0.25) is 0 Å². The van der Waals surface area contributed by atoms with Crippen molar-refractivity contribution < 1.29 is 29.1 Å². The van der Waals surface area contributed by atoms with Gasteiger partial charge in [0.2, 0.25) is 5.91 Å². The number of primary amides is 1. The highest BCUT2D eigenvalue weighted by Gasteiger charge is 2.45. The van der Waals surface area contributed by atoms with Crippen LogP contribution in [-0.4, -0.2) is 55.4 Å². The molecule has 6 atom stereocenters. The van der Waals surface area contributed by atoms with Crippen LogP contribution in [0.5, 0.6) is 0 Å². The van der Waals surface area contributed by atoms with Gasteiger partial charge in [0.1, 0.15) is 24.4 Å². The number of aliphatic hydroxyl groups is 3. The van der Waals surface area contributed by atoms with Crippen LogP contribution in [0, 0.1) is 6.92 Å². The van der Waals surface area contributed by atoms with Crippen LogP contribution in [0.4, 0.5) is 0 Å². The van der Waals surface area contributed by atoms with Gasteiger partial charge < -0.3 is 25.8 Å². The van der Waals surface area contributed by atoms with Gasteiger partial charge in [-0.3, -0.25) is 9.00 Å². The largest absolute Gasteiger partial charge is 0.387 e. The number of aliphatic hydroxyl groups excluding tert-OH is 3. The van der Waals surface area contributed by atoms with Crippen LogP contribution in [0.1, 0.15) is 46.8 Å². The molecule has 0 saturated carbocycles. The highest BCUT2D eigenvalue weighted by Crippen LogP contribution is 2.34. The van der Waals surface area contributed by atoms with Gasteiger partial charge in [-0.2, -0.15) is 0 Å². The van der Waals surface area contributed by atoms with E-state index in [2.05, 4.69) is 0 Å². The number of rotatable bonds is 8. The number of carbonyl (C=O) groups excluding carboxylic acids is 1. The smallest absolute Gasteiger partial charge is 0.217 e. The molecule has 1 aliphatic rings. The Kier molecular flexibility index (Phi) is 8.19. The maximum absolute atomic E-state index is 11.9. The molecule has 0 aliphatic carbocycles. The van der Waals surface area contributed by atoms with Gasteiger partial charge in [0.05, 0.1) is 10.8 Å². The molecule has 3 rings (SSSR count). The van der Waals surface area contributed by atoms with E-state index in [1.807, 2.05) is 49.4 Å². The Hall–Kier alpha value is -2.10. The van der Waals surface area contributed by atoms with Crippen LogP contribution in [0.15, 0.2) is 42.5 Å². The van der Waals surface area contributed by atoms with Gasteiger partial charge in [-0.25, -0.2) is 0 Å². The molecule has 0 bridgehead atoms. The molecule has 7 nitrogen and oxygen atoms in total. The molecule has 2 aromatic carbocycles. The number of ether oxygens (including phenoxy) is 1. The maximum Gasteiger partial charge on any atom is 0.217 e. The van der Waals surface area contributed by atoms with Crippen molar-refractivity contribution >= 4 is 16.7 Å². The fourth-order valence-corrected chi connectivity index (χ4v) is 4.80. The minimum absolute atomic E-state index is 0.289. The summed E-state index contributed by atoms with van der Waals surface area (Å²) >= 11 is 0. The highest BCUT2D eigenvalue weighted by molar-refractivity contribution is 7.84. The van der Waals surface area contributed by atoms with Crippen molar-refractivity contribution in [3.8, 4) is 0 Å². The average molecular weight is 462 g/mol. The van der Waals surface area contributed by atoms with E-state index < -0.39 is 40.7 Å². The highest BCUT2D eigenvalue weighted by atomic mass is 32.2. The zero-order valence-corrected chi connectivity index (χ0v) is 19.1. The zero-order chi connectivity index (χ0) is 23.4. The Bertz CT molecular complexity index is 963. The number of carbonyl (C=O) groups is 1. The topological polar surface area (TPSA) is 130 Å². The van der Waals surface area contributed by atoms with Crippen molar-refractivity contribution in [3.05, 3.63) is 70.3 Å². The summed E-state index contributed by atoms with van der Waals surface area (Å²) in [5.74, 6) is -0.289. The Labute approximate surface area is 190 Å². The van der Waals surface area contributed by atoms with Crippen LogP contribution >= 0.6 is 0 Å². The number of hydrogen-bond acceptors (Lipinski definition) is 6. The lowest BCUT2D eigenvalue weighted by atomic mass is 9.91. The third kappa shape index (κ3) is 5.82. The summed E-state index contributed by atoms with van der Waals surface area (Å²) in [6.45, 7) is 2.00. The summed E-state index contributed by atoms with van der Waals surface area (Å²) in [4.78, 5) is 10.9. The fourth-order valence-electron chi connectivity index (χ4n) is 3.97. The van der Waals surface area contributed by atoms with E-state index in [0.29, 0.717) is 18.4 Å². The molecule has 32 heavy (non-hydrogen) atoms. The van der Waals surface area contributed by atoms with Crippen molar-refractivity contribution in [2.24, 2.45) is 5.73 Å². The molecule has 1 saturated heterocycles. The Morgan fingerprint density at radius 2 is 1.69 bits per heavy atom. The first-order valence-corrected chi connectivity index (χ1v) is 12.3. The summed E-state index contributed by atoms with van der Waals surface area (Å²) in [5, 5.41) is 30.8. The van der Waals surface area contributed by atoms with Gasteiger partial charge in [-0.15, -0.1) is 0 Å². The van der Waals surface area contributed by atoms with E-state index in [-0.39, 0.29) is 5.91 Å². The van der Waals surface area contributed by atoms with Crippen molar-refractivity contribution in [1.29, 1.82) is 0 Å². The Morgan fingerprint density at radius 3 is 2.31 bits per heavy atom. The molecule has 0 radical (unpaired) electrons. The summed E-state index contributed by atoms with van der Waals surface area (Å²) in [7, 11) is -1.53. The number of aryl methyl sites for hydroxylation is 2. The second-order valence-corrected chi connectivity index (χ2v) is 9.86. The molecule has 1 unspecified atom stereocenters. The van der Waals surface area contributed by atoms with Crippen LogP contribution in [0.3, 0.4) is 0 Å². The first-order valence-electron chi connectivity index (χ1n) is 10.6. The number of amides is 1. The minimum atomic E-state index is -1.53. The van der Waals surface area contributed by atoms with Gasteiger partial charge in [-0.1, -0.05) is 42.5 Å². The Balaban J connectivity index is 1.76. The first-order chi connectivity index (χ1) is 15.2. The lowest BCUT2D eigenvalue weighted by molar-refractivity contribution is -0.201. The maximum atomic E-state index is 11.9. The monoisotopic (exact) mass is 461 g/mol. The van der Waals surface area contributed by atoms with Gasteiger partial charge in [0.15, 0.2) is 5.44 Å². The van der Waals surface area contributed by atoms with Gasteiger partial charge in [-0.05, 0) is 54.0 Å². The molecule has 1 aliphatic heterocycles. The van der Waals surface area contributed by atoms with Crippen LogP contribution < -0.4 is 5.73 Å².